The van der Waals surface area contributed by atoms with Crippen molar-refractivity contribution in [2.45, 2.75) is 40.0 Å². The summed E-state index contributed by atoms with van der Waals surface area (Å²) in [6, 6.07) is 0. The van der Waals surface area contributed by atoms with Crippen LogP contribution < -0.4 is 0 Å². The SMILES string of the molecule is C=C.C=C(C)[C@@H]1CC[C@H](C)[C@H](C(=C)C)C1. The Morgan fingerprint density at radius 3 is 1.93 bits per heavy atom. The van der Waals surface area contributed by atoms with E-state index in [0.717, 1.165) is 17.8 Å². The Balaban J connectivity index is 0.000000921. The molecule has 0 aromatic rings. The summed E-state index contributed by atoms with van der Waals surface area (Å²) in [6.07, 6.45) is 3.96. The zero-order valence-corrected chi connectivity index (χ0v) is 10.7. The molecule has 0 heteroatoms. The maximum Gasteiger partial charge on any atom is -0.0177 e. The predicted molar refractivity (Wildman–Crippen MR) is 70.9 cm³/mol. The number of hydrogen-bond acceptors (Lipinski definition) is 0. The average molecular weight is 206 g/mol. The Kier molecular flexibility index (Phi) is 6.31. The molecule has 0 amide bonds. The van der Waals surface area contributed by atoms with E-state index in [1.165, 1.54) is 30.4 Å². The minimum absolute atomic E-state index is 0.732. The average Bonchev–Trinajstić information content (AvgIpc) is 2.20. The molecule has 0 spiro atoms. The number of hydrogen-bond donors (Lipinski definition) is 0. The molecule has 1 fully saturated rings. The fourth-order valence-electron chi connectivity index (χ4n) is 2.46. The molecule has 0 nitrogen and oxygen atoms in total. The van der Waals surface area contributed by atoms with E-state index in [1.807, 2.05) is 0 Å². The zero-order valence-electron chi connectivity index (χ0n) is 10.7. The van der Waals surface area contributed by atoms with Gasteiger partial charge in [-0.15, -0.1) is 13.2 Å². The van der Waals surface area contributed by atoms with Crippen molar-refractivity contribution in [2.24, 2.45) is 17.8 Å². The van der Waals surface area contributed by atoms with Gasteiger partial charge in [-0.05, 0) is 50.9 Å². The van der Waals surface area contributed by atoms with Gasteiger partial charge in [0.1, 0.15) is 0 Å². The zero-order chi connectivity index (χ0) is 12.0. The van der Waals surface area contributed by atoms with Crippen molar-refractivity contribution in [1.82, 2.24) is 0 Å². The first-order valence-electron chi connectivity index (χ1n) is 5.83. The van der Waals surface area contributed by atoms with Crippen molar-refractivity contribution in [1.29, 1.82) is 0 Å². The van der Waals surface area contributed by atoms with E-state index in [1.54, 1.807) is 0 Å². The van der Waals surface area contributed by atoms with E-state index in [9.17, 15) is 0 Å². The van der Waals surface area contributed by atoms with E-state index in [-0.39, 0.29) is 0 Å². The van der Waals surface area contributed by atoms with Crippen LogP contribution in [0.15, 0.2) is 37.5 Å². The van der Waals surface area contributed by atoms with Gasteiger partial charge in [-0.3, -0.25) is 0 Å². The standard InChI is InChI=1S/C13H22.C2H4/c1-9(2)12-7-6-11(5)13(8-12)10(3)4;1-2/h11-13H,1,3,6-8H2,2,4-5H3;1-2H2/t11-,12+,13-;/m0./s1. The van der Waals surface area contributed by atoms with Crippen LogP contribution in [0, 0.1) is 17.8 Å². The Labute approximate surface area is 95.8 Å². The fourth-order valence-corrected chi connectivity index (χ4v) is 2.46. The third kappa shape index (κ3) is 4.07. The molecule has 0 bridgehead atoms. The highest BCUT2D eigenvalue weighted by molar-refractivity contribution is 5.06. The van der Waals surface area contributed by atoms with Gasteiger partial charge in [0.25, 0.3) is 0 Å². The molecule has 0 heterocycles. The second-order valence-corrected chi connectivity index (χ2v) is 4.79. The Bertz CT molecular complexity index is 224. The molecular formula is C15H26. The van der Waals surface area contributed by atoms with E-state index in [0.29, 0.717) is 0 Å². The molecule has 1 aliphatic carbocycles. The van der Waals surface area contributed by atoms with Gasteiger partial charge < -0.3 is 0 Å². The topological polar surface area (TPSA) is 0 Å². The molecule has 86 valence electrons. The minimum atomic E-state index is 0.732. The third-order valence-electron chi connectivity index (χ3n) is 3.53. The monoisotopic (exact) mass is 206 g/mol. The Morgan fingerprint density at radius 2 is 1.53 bits per heavy atom. The van der Waals surface area contributed by atoms with Gasteiger partial charge in [-0.2, -0.15) is 0 Å². The molecule has 0 aliphatic heterocycles. The first kappa shape index (κ1) is 14.2. The van der Waals surface area contributed by atoms with Crippen molar-refractivity contribution in [2.75, 3.05) is 0 Å². The molecule has 0 unspecified atom stereocenters. The van der Waals surface area contributed by atoms with Crippen LogP contribution in [0.2, 0.25) is 0 Å². The normalized spacial score (nSPS) is 29.9. The summed E-state index contributed by atoms with van der Waals surface area (Å²) in [6.45, 7) is 20.8. The summed E-state index contributed by atoms with van der Waals surface area (Å²) in [4.78, 5) is 0. The van der Waals surface area contributed by atoms with Crippen LogP contribution in [0.1, 0.15) is 40.0 Å². The summed E-state index contributed by atoms with van der Waals surface area (Å²) in [5, 5.41) is 0. The molecule has 15 heavy (non-hydrogen) atoms. The van der Waals surface area contributed by atoms with Crippen molar-refractivity contribution >= 4 is 0 Å². The highest BCUT2D eigenvalue weighted by Gasteiger charge is 2.28. The van der Waals surface area contributed by atoms with E-state index in [2.05, 4.69) is 47.1 Å². The van der Waals surface area contributed by atoms with Crippen molar-refractivity contribution in [3.05, 3.63) is 37.5 Å². The lowest BCUT2D eigenvalue weighted by atomic mass is 9.70. The molecule has 0 radical (unpaired) electrons. The number of rotatable bonds is 2. The Morgan fingerprint density at radius 1 is 1.00 bits per heavy atom. The van der Waals surface area contributed by atoms with Crippen LogP contribution in [0.4, 0.5) is 0 Å². The second kappa shape index (κ2) is 6.66. The van der Waals surface area contributed by atoms with Crippen LogP contribution in [-0.4, -0.2) is 0 Å². The molecule has 0 saturated heterocycles. The van der Waals surface area contributed by atoms with Gasteiger partial charge in [-0.25, -0.2) is 0 Å². The van der Waals surface area contributed by atoms with Crippen LogP contribution in [0.25, 0.3) is 0 Å². The van der Waals surface area contributed by atoms with Gasteiger partial charge in [0.2, 0.25) is 0 Å². The van der Waals surface area contributed by atoms with E-state index < -0.39 is 0 Å². The molecule has 0 aromatic heterocycles. The Hall–Kier alpha value is -0.780. The van der Waals surface area contributed by atoms with Crippen LogP contribution in [-0.2, 0) is 0 Å². The highest BCUT2D eigenvalue weighted by Crippen LogP contribution is 2.39. The third-order valence-corrected chi connectivity index (χ3v) is 3.53. The minimum Gasteiger partial charge on any atom is -0.106 e. The first-order valence-corrected chi connectivity index (χ1v) is 5.83. The molecular weight excluding hydrogens is 180 g/mol. The van der Waals surface area contributed by atoms with Gasteiger partial charge >= 0.3 is 0 Å². The molecule has 1 aliphatic rings. The predicted octanol–water partition coefficient (Wildman–Crippen LogP) is 4.99. The van der Waals surface area contributed by atoms with Crippen LogP contribution in [0.3, 0.4) is 0 Å². The fraction of sp³-hybridized carbons (Fsp3) is 0.600. The van der Waals surface area contributed by atoms with Crippen LogP contribution >= 0.6 is 0 Å². The summed E-state index contributed by atoms with van der Waals surface area (Å²) in [5.41, 5.74) is 2.72. The molecule has 1 saturated carbocycles. The van der Waals surface area contributed by atoms with Gasteiger partial charge in [0.05, 0.1) is 0 Å². The van der Waals surface area contributed by atoms with Crippen molar-refractivity contribution < 1.29 is 0 Å². The second-order valence-electron chi connectivity index (χ2n) is 4.79. The largest absolute Gasteiger partial charge is 0.106 e. The summed E-state index contributed by atoms with van der Waals surface area (Å²) < 4.78 is 0. The lowest BCUT2D eigenvalue weighted by molar-refractivity contribution is 0.244. The lowest BCUT2D eigenvalue weighted by Crippen LogP contribution is -2.24. The number of allylic oxidation sites excluding steroid dienone is 2. The molecule has 1 rings (SSSR count). The van der Waals surface area contributed by atoms with E-state index in [4.69, 9.17) is 0 Å². The highest BCUT2D eigenvalue weighted by atomic mass is 14.3. The summed E-state index contributed by atoms with van der Waals surface area (Å²) in [7, 11) is 0. The maximum absolute atomic E-state index is 4.09. The summed E-state index contributed by atoms with van der Waals surface area (Å²) in [5.74, 6) is 2.31. The summed E-state index contributed by atoms with van der Waals surface area (Å²) >= 11 is 0. The maximum atomic E-state index is 4.09. The van der Waals surface area contributed by atoms with Crippen molar-refractivity contribution in [3.8, 4) is 0 Å². The van der Waals surface area contributed by atoms with Gasteiger partial charge in [-0.1, -0.05) is 31.2 Å². The molecule has 0 N–H and O–H groups in total. The molecule has 0 aromatic carbocycles. The first-order chi connectivity index (χ1) is 7.02. The van der Waals surface area contributed by atoms with Gasteiger partial charge in [0.15, 0.2) is 0 Å². The van der Waals surface area contributed by atoms with Crippen molar-refractivity contribution in [3.63, 3.8) is 0 Å². The smallest absolute Gasteiger partial charge is 0.0177 e. The lowest BCUT2D eigenvalue weighted by Gasteiger charge is -2.35. The van der Waals surface area contributed by atoms with E-state index >= 15 is 0 Å². The quantitative estimate of drug-likeness (QED) is 0.558. The van der Waals surface area contributed by atoms with Gasteiger partial charge in [0, 0.05) is 0 Å². The van der Waals surface area contributed by atoms with Crippen LogP contribution in [0.5, 0.6) is 0 Å². The molecule has 3 atom stereocenters.